The Morgan fingerprint density at radius 2 is 1.88 bits per heavy atom. The maximum Gasteiger partial charge on any atom is 0.338 e. The molecular formula is C16H22N2O6S. The smallest absolute Gasteiger partial charge is 0.338 e. The predicted molar refractivity (Wildman–Crippen MR) is 89.1 cm³/mol. The van der Waals surface area contributed by atoms with E-state index in [2.05, 4.69) is 0 Å². The van der Waals surface area contributed by atoms with Gasteiger partial charge in [0.2, 0.25) is 0 Å². The first-order chi connectivity index (χ1) is 11.8. The molecule has 1 heterocycles. The number of hydrogen-bond donors (Lipinski definition) is 0. The lowest BCUT2D eigenvalue weighted by Crippen LogP contribution is -2.38. The van der Waals surface area contributed by atoms with Crippen LogP contribution >= 0.6 is 0 Å². The Hall–Kier alpha value is -1.97. The second-order valence-electron chi connectivity index (χ2n) is 5.71. The van der Waals surface area contributed by atoms with E-state index >= 15 is 0 Å². The van der Waals surface area contributed by atoms with Gasteiger partial charge in [0.15, 0.2) is 6.10 Å². The molecule has 1 atom stereocenters. The fourth-order valence-corrected chi connectivity index (χ4v) is 3.52. The summed E-state index contributed by atoms with van der Waals surface area (Å²) >= 11 is 0. The van der Waals surface area contributed by atoms with Crippen molar-refractivity contribution in [2.24, 2.45) is 0 Å². The van der Waals surface area contributed by atoms with Gasteiger partial charge in [-0.05, 0) is 38.0 Å². The van der Waals surface area contributed by atoms with Crippen LogP contribution < -0.4 is 0 Å². The van der Waals surface area contributed by atoms with Crippen LogP contribution in [0.2, 0.25) is 0 Å². The average Bonchev–Trinajstić information content (AvgIpc) is 3.14. The van der Waals surface area contributed by atoms with E-state index in [1.54, 1.807) is 4.90 Å². The molecule has 0 aromatic heterocycles. The van der Waals surface area contributed by atoms with Crippen molar-refractivity contribution in [3.05, 3.63) is 29.8 Å². The third-order valence-corrected chi connectivity index (χ3v) is 5.69. The van der Waals surface area contributed by atoms with Crippen molar-refractivity contribution in [2.75, 3.05) is 27.2 Å². The molecule has 1 aliphatic rings. The van der Waals surface area contributed by atoms with Crippen molar-refractivity contribution < 1.29 is 27.6 Å². The number of sulfonamides is 1. The van der Waals surface area contributed by atoms with Crippen LogP contribution in [0.1, 0.15) is 30.1 Å². The largest absolute Gasteiger partial charge is 0.449 e. The highest BCUT2D eigenvalue weighted by atomic mass is 32.2. The summed E-state index contributed by atoms with van der Waals surface area (Å²) in [5, 5.41) is 0. The van der Waals surface area contributed by atoms with Crippen LogP contribution in [0.15, 0.2) is 29.2 Å². The fourth-order valence-electron chi connectivity index (χ4n) is 2.50. The first-order valence-electron chi connectivity index (χ1n) is 7.90. The van der Waals surface area contributed by atoms with Crippen molar-refractivity contribution in [3.63, 3.8) is 0 Å². The van der Waals surface area contributed by atoms with Gasteiger partial charge in [-0.15, -0.1) is 0 Å². The maximum absolute atomic E-state index is 12.3. The quantitative estimate of drug-likeness (QED) is 0.549. The summed E-state index contributed by atoms with van der Waals surface area (Å²) in [7, 11) is -1.40. The first-order valence-corrected chi connectivity index (χ1v) is 9.34. The summed E-state index contributed by atoms with van der Waals surface area (Å²) in [6, 6.07) is 5.40. The highest BCUT2D eigenvalue weighted by Crippen LogP contribution is 2.17. The summed E-state index contributed by atoms with van der Waals surface area (Å²) in [6.07, 6.45) is 0.964. The highest BCUT2D eigenvalue weighted by molar-refractivity contribution is 7.89. The van der Waals surface area contributed by atoms with Crippen molar-refractivity contribution in [1.82, 2.24) is 9.37 Å². The first kappa shape index (κ1) is 19.4. The Morgan fingerprint density at radius 3 is 2.48 bits per heavy atom. The summed E-state index contributed by atoms with van der Waals surface area (Å²) in [5.41, 5.74) is 0.0478. The van der Waals surface area contributed by atoms with Crippen molar-refractivity contribution in [1.29, 1.82) is 0 Å². The Labute approximate surface area is 147 Å². The highest BCUT2D eigenvalue weighted by Gasteiger charge is 2.27. The number of rotatable bonds is 6. The van der Waals surface area contributed by atoms with Gasteiger partial charge >= 0.3 is 5.97 Å². The van der Waals surface area contributed by atoms with Gasteiger partial charge in [-0.1, -0.05) is 10.5 Å². The van der Waals surface area contributed by atoms with Crippen molar-refractivity contribution in [3.8, 4) is 0 Å². The van der Waals surface area contributed by atoms with Gasteiger partial charge in [-0.3, -0.25) is 9.63 Å². The van der Waals surface area contributed by atoms with E-state index in [4.69, 9.17) is 9.57 Å². The van der Waals surface area contributed by atoms with Crippen LogP contribution in [0, 0.1) is 0 Å². The molecule has 1 saturated heterocycles. The van der Waals surface area contributed by atoms with E-state index in [1.165, 1.54) is 45.3 Å². The third-order valence-electron chi connectivity index (χ3n) is 4.01. The van der Waals surface area contributed by atoms with Gasteiger partial charge in [0.25, 0.3) is 15.9 Å². The molecule has 1 aliphatic heterocycles. The molecule has 0 radical (unpaired) electrons. The SMILES string of the molecule is CON(C)S(=O)(=O)c1cccc(C(=O)O[C@H](C)C(=O)N2CCCC2)c1. The minimum absolute atomic E-state index is 0.0478. The number of carbonyl (C=O) groups is 2. The minimum atomic E-state index is -3.87. The zero-order valence-electron chi connectivity index (χ0n) is 14.5. The molecule has 2 rings (SSSR count). The number of amides is 1. The van der Waals surface area contributed by atoms with Gasteiger partial charge in [-0.25, -0.2) is 13.2 Å². The molecule has 25 heavy (non-hydrogen) atoms. The topological polar surface area (TPSA) is 93.2 Å². The van der Waals surface area contributed by atoms with Crippen molar-refractivity contribution in [2.45, 2.75) is 30.8 Å². The molecule has 0 bridgehead atoms. The van der Waals surface area contributed by atoms with E-state index in [-0.39, 0.29) is 16.4 Å². The molecule has 8 nitrogen and oxygen atoms in total. The molecular weight excluding hydrogens is 348 g/mol. The van der Waals surface area contributed by atoms with E-state index in [0.717, 1.165) is 12.8 Å². The number of esters is 1. The van der Waals surface area contributed by atoms with Gasteiger partial charge in [0.1, 0.15) is 0 Å². The van der Waals surface area contributed by atoms with E-state index in [0.29, 0.717) is 17.6 Å². The second kappa shape index (κ2) is 7.94. The van der Waals surface area contributed by atoms with Crippen LogP contribution in [-0.4, -0.2) is 63.0 Å². The van der Waals surface area contributed by atoms with Crippen LogP contribution in [0.25, 0.3) is 0 Å². The zero-order valence-corrected chi connectivity index (χ0v) is 15.3. The van der Waals surface area contributed by atoms with Crippen LogP contribution in [-0.2, 0) is 24.4 Å². The molecule has 1 aromatic carbocycles. The maximum atomic E-state index is 12.3. The molecule has 1 amide bonds. The Balaban J connectivity index is 2.12. The number of nitrogens with zero attached hydrogens (tertiary/aromatic N) is 2. The molecule has 0 saturated carbocycles. The molecule has 138 valence electrons. The van der Waals surface area contributed by atoms with E-state index in [9.17, 15) is 18.0 Å². The van der Waals surface area contributed by atoms with E-state index in [1.807, 2.05) is 0 Å². The normalized spacial score (nSPS) is 16.1. The number of ether oxygens (including phenoxy) is 1. The lowest BCUT2D eigenvalue weighted by molar-refractivity contribution is -0.138. The van der Waals surface area contributed by atoms with E-state index < -0.39 is 22.1 Å². The third kappa shape index (κ3) is 4.36. The number of likely N-dealkylation sites (tertiary alicyclic amines) is 1. The number of hydrogen-bond acceptors (Lipinski definition) is 6. The Bertz CT molecular complexity index is 743. The van der Waals surface area contributed by atoms with Crippen LogP contribution in [0.4, 0.5) is 0 Å². The number of hydroxylamine groups is 1. The molecule has 9 heteroatoms. The minimum Gasteiger partial charge on any atom is -0.449 e. The van der Waals surface area contributed by atoms with Gasteiger partial charge in [0.05, 0.1) is 17.6 Å². The second-order valence-corrected chi connectivity index (χ2v) is 7.64. The Morgan fingerprint density at radius 1 is 1.24 bits per heavy atom. The molecule has 1 fully saturated rings. The van der Waals surface area contributed by atoms with Crippen molar-refractivity contribution >= 4 is 21.9 Å². The summed E-state index contributed by atoms with van der Waals surface area (Å²) in [6.45, 7) is 2.84. The Kier molecular flexibility index (Phi) is 6.15. The van der Waals surface area contributed by atoms with Crippen LogP contribution in [0.3, 0.4) is 0 Å². The van der Waals surface area contributed by atoms with Crippen LogP contribution in [0.5, 0.6) is 0 Å². The number of benzene rings is 1. The monoisotopic (exact) mass is 370 g/mol. The zero-order chi connectivity index (χ0) is 18.6. The fraction of sp³-hybridized carbons (Fsp3) is 0.500. The lowest BCUT2D eigenvalue weighted by Gasteiger charge is -2.20. The summed E-state index contributed by atoms with van der Waals surface area (Å²) in [4.78, 5) is 30.7. The van der Waals surface area contributed by atoms with Gasteiger partial charge < -0.3 is 9.64 Å². The molecule has 0 aliphatic carbocycles. The lowest BCUT2D eigenvalue weighted by atomic mass is 10.2. The van der Waals surface area contributed by atoms with Gasteiger partial charge in [-0.2, -0.15) is 0 Å². The predicted octanol–water partition coefficient (Wildman–Crippen LogP) is 1.04. The average molecular weight is 370 g/mol. The molecule has 1 aromatic rings. The molecule has 0 spiro atoms. The standard InChI is InChI=1S/C16H22N2O6S/c1-12(15(19)18-9-4-5-10-18)24-16(20)13-7-6-8-14(11-13)25(21,22)17(2)23-3/h6-8,11-12H,4-5,9-10H2,1-3H3/t12-/m1/s1. The summed E-state index contributed by atoms with van der Waals surface area (Å²) in [5.74, 6) is -0.995. The number of carbonyl (C=O) groups excluding carboxylic acids is 2. The van der Waals surface area contributed by atoms with Gasteiger partial charge in [0, 0.05) is 20.1 Å². The summed E-state index contributed by atoms with van der Waals surface area (Å²) < 4.78 is 30.3. The molecule has 0 unspecified atom stereocenters. The molecule has 0 N–H and O–H groups in total.